The lowest BCUT2D eigenvalue weighted by Gasteiger charge is -2.14. The number of nitrogens with one attached hydrogen (secondary N) is 1. The standard InChI is InChI=1S/C15H19NO4/c17-14(18)8-13(12-6-7-12)9-16-15(19)20-10-11-4-2-1-3-5-11/h1-5,12-13H,6-10H2,(H,16,19)(H,17,18). The van der Waals surface area contributed by atoms with Crippen LogP contribution in [-0.4, -0.2) is 23.7 Å². The Morgan fingerprint density at radius 3 is 2.60 bits per heavy atom. The van der Waals surface area contributed by atoms with Gasteiger partial charge in [-0.3, -0.25) is 4.79 Å². The second kappa shape index (κ2) is 6.93. The third-order valence-corrected chi connectivity index (χ3v) is 3.45. The highest BCUT2D eigenvalue weighted by molar-refractivity contribution is 5.68. The lowest BCUT2D eigenvalue weighted by Crippen LogP contribution is -2.31. The highest BCUT2D eigenvalue weighted by atomic mass is 16.5. The minimum absolute atomic E-state index is 0.0109. The molecule has 1 unspecified atom stereocenters. The van der Waals surface area contributed by atoms with Crippen molar-refractivity contribution in [3.63, 3.8) is 0 Å². The molecule has 0 spiro atoms. The zero-order chi connectivity index (χ0) is 14.4. The molecule has 1 fully saturated rings. The Bertz CT molecular complexity index is 456. The lowest BCUT2D eigenvalue weighted by atomic mass is 10.00. The van der Waals surface area contributed by atoms with Gasteiger partial charge in [0.15, 0.2) is 0 Å². The van der Waals surface area contributed by atoms with Crippen LogP contribution in [0, 0.1) is 11.8 Å². The smallest absolute Gasteiger partial charge is 0.407 e. The van der Waals surface area contributed by atoms with Gasteiger partial charge in [-0.2, -0.15) is 0 Å². The summed E-state index contributed by atoms with van der Waals surface area (Å²) < 4.78 is 5.09. The van der Waals surface area contributed by atoms with E-state index in [1.807, 2.05) is 30.3 Å². The number of carbonyl (C=O) groups excluding carboxylic acids is 1. The van der Waals surface area contributed by atoms with E-state index in [1.54, 1.807) is 0 Å². The number of amides is 1. The molecular weight excluding hydrogens is 258 g/mol. The molecule has 1 aromatic carbocycles. The molecule has 1 amide bonds. The zero-order valence-corrected chi connectivity index (χ0v) is 11.2. The van der Waals surface area contributed by atoms with E-state index in [-0.39, 0.29) is 18.9 Å². The molecular formula is C15H19NO4. The van der Waals surface area contributed by atoms with Gasteiger partial charge >= 0.3 is 12.1 Å². The van der Waals surface area contributed by atoms with Crippen molar-refractivity contribution < 1.29 is 19.4 Å². The number of carboxylic acids is 1. The Morgan fingerprint density at radius 2 is 2.00 bits per heavy atom. The zero-order valence-electron chi connectivity index (χ0n) is 11.2. The van der Waals surface area contributed by atoms with Gasteiger partial charge in [-0.15, -0.1) is 0 Å². The molecule has 1 aliphatic carbocycles. The Balaban J connectivity index is 1.69. The molecule has 0 saturated heterocycles. The van der Waals surface area contributed by atoms with Gasteiger partial charge in [0.2, 0.25) is 0 Å². The first-order valence-corrected chi connectivity index (χ1v) is 6.81. The van der Waals surface area contributed by atoms with E-state index in [0.717, 1.165) is 18.4 Å². The van der Waals surface area contributed by atoms with Crippen molar-refractivity contribution in [3.8, 4) is 0 Å². The van der Waals surface area contributed by atoms with E-state index in [2.05, 4.69) is 5.32 Å². The van der Waals surface area contributed by atoms with Crippen molar-refractivity contribution in [1.29, 1.82) is 0 Å². The summed E-state index contributed by atoms with van der Waals surface area (Å²) in [5.74, 6) is -0.376. The fourth-order valence-electron chi connectivity index (χ4n) is 2.19. The van der Waals surface area contributed by atoms with E-state index < -0.39 is 12.1 Å². The van der Waals surface area contributed by atoms with Gasteiger partial charge in [0.25, 0.3) is 0 Å². The maximum Gasteiger partial charge on any atom is 0.407 e. The average Bonchev–Trinajstić information content (AvgIpc) is 3.26. The fourth-order valence-corrected chi connectivity index (χ4v) is 2.19. The summed E-state index contributed by atoms with van der Waals surface area (Å²) >= 11 is 0. The van der Waals surface area contributed by atoms with Crippen LogP contribution in [0.25, 0.3) is 0 Å². The molecule has 1 aliphatic rings. The van der Waals surface area contributed by atoms with Gasteiger partial charge in [0.1, 0.15) is 6.61 Å². The van der Waals surface area contributed by atoms with Crippen molar-refractivity contribution in [2.45, 2.75) is 25.9 Å². The molecule has 5 heteroatoms. The second-order valence-corrected chi connectivity index (χ2v) is 5.14. The van der Waals surface area contributed by atoms with Gasteiger partial charge in [0, 0.05) is 6.54 Å². The minimum atomic E-state index is -0.818. The SMILES string of the molecule is O=C(O)CC(CNC(=O)OCc1ccccc1)C1CC1. The molecule has 1 atom stereocenters. The molecule has 0 heterocycles. The summed E-state index contributed by atoms with van der Waals surface area (Å²) in [4.78, 5) is 22.3. The monoisotopic (exact) mass is 277 g/mol. The molecule has 108 valence electrons. The molecule has 1 saturated carbocycles. The van der Waals surface area contributed by atoms with Gasteiger partial charge < -0.3 is 15.2 Å². The number of carbonyl (C=O) groups is 2. The van der Waals surface area contributed by atoms with Crippen LogP contribution in [0.1, 0.15) is 24.8 Å². The molecule has 2 N–H and O–H groups in total. The maximum atomic E-state index is 11.6. The molecule has 0 aliphatic heterocycles. The second-order valence-electron chi connectivity index (χ2n) is 5.14. The van der Waals surface area contributed by atoms with Crippen LogP contribution in [0.4, 0.5) is 4.79 Å². The van der Waals surface area contributed by atoms with E-state index >= 15 is 0 Å². The van der Waals surface area contributed by atoms with Gasteiger partial charge in [0.05, 0.1) is 6.42 Å². The van der Waals surface area contributed by atoms with Crippen molar-refractivity contribution in [3.05, 3.63) is 35.9 Å². The van der Waals surface area contributed by atoms with Crippen LogP contribution >= 0.6 is 0 Å². The van der Waals surface area contributed by atoms with E-state index in [9.17, 15) is 9.59 Å². The lowest BCUT2D eigenvalue weighted by molar-refractivity contribution is -0.138. The maximum absolute atomic E-state index is 11.6. The summed E-state index contributed by atoms with van der Waals surface area (Å²) in [6.07, 6.45) is 1.71. The van der Waals surface area contributed by atoms with Crippen molar-refractivity contribution in [1.82, 2.24) is 5.32 Å². The number of ether oxygens (including phenoxy) is 1. The third-order valence-electron chi connectivity index (χ3n) is 3.45. The van der Waals surface area contributed by atoms with Crippen molar-refractivity contribution >= 4 is 12.1 Å². The molecule has 2 rings (SSSR count). The molecule has 0 aromatic heterocycles. The number of carboxylic acid groups (broad SMARTS) is 1. The highest BCUT2D eigenvalue weighted by Crippen LogP contribution is 2.38. The Labute approximate surface area is 117 Å². The van der Waals surface area contributed by atoms with Crippen LogP contribution in [0.15, 0.2) is 30.3 Å². The van der Waals surface area contributed by atoms with Crippen molar-refractivity contribution in [2.24, 2.45) is 11.8 Å². The van der Waals surface area contributed by atoms with Crippen LogP contribution < -0.4 is 5.32 Å². The molecule has 5 nitrogen and oxygen atoms in total. The number of alkyl carbamates (subject to hydrolysis) is 1. The third kappa shape index (κ3) is 4.91. The molecule has 0 radical (unpaired) electrons. The largest absolute Gasteiger partial charge is 0.481 e. The van der Waals surface area contributed by atoms with Crippen LogP contribution in [0.5, 0.6) is 0 Å². The van der Waals surface area contributed by atoms with Gasteiger partial charge in [-0.25, -0.2) is 4.79 Å². The van der Waals surface area contributed by atoms with Gasteiger partial charge in [-0.1, -0.05) is 30.3 Å². The summed E-state index contributed by atoms with van der Waals surface area (Å²) in [5, 5.41) is 11.5. The summed E-state index contributed by atoms with van der Waals surface area (Å²) in [6.45, 7) is 0.588. The number of aliphatic carboxylic acids is 1. The Hall–Kier alpha value is -2.04. The average molecular weight is 277 g/mol. The quantitative estimate of drug-likeness (QED) is 0.802. The Kier molecular flexibility index (Phi) is 4.98. The van der Waals surface area contributed by atoms with Crippen LogP contribution in [-0.2, 0) is 16.1 Å². The topological polar surface area (TPSA) is 75.6 Å². The molecule has 20 heavy (non-hydrogen) atoms. The van der Waals surface area contributed by atoms with Gasteiger partial charge in [-0.05, 0) is 30.2 Å². The first kappa shape index (κ1) is 14.4. The minimum Gasteiger partial charge on any atom is -0.481 e. The normalized spacial score (nSPS) is 15.4. The number of benzene rings is 1. The van der Waals surface area contributed by atoms with E-state index in [4.69, 9.17) is 9.84 Å². The van der Waals surface area contributed by atoms with E-state index in [1.165, 1.54) is 0 Å². The predicted octanol–water partition coefficient (Wildman–Crippen LogP) is 2.41. The number of hydrogen-bond donors (Lipinski definition) is 2. The molecule has 0 bridgehead atoms. The summed E-state index contributed by atoms with van der Waals surface area (Å²) in [5.41, 5.74) is 0.923. The first-order valence-electron chi connectivity index (χ1n) is 6.81. The number of rotatable bonds is 7. The predicted molar refractivity (Wildman–Crippen MR) is 73.1 cm³/mol. The van der Waals surface area contributed by atoms with E-state index in [0.29, 0.717) is 12.5 Å². The van der Waals surface area contributed by atoms with Crippen LogP contribution in [0.2, 0.25) is 0 Å². The number of hydrogen-bond acceptors (Lipinski definition) is 3. The van der Waals surface area contributed by atoms with Crippen molar-refractivity contribution in [2.75, 3.05) is 6.54 Å². The highest BCUT2D eigenvalue weighted by Gasteiger charge is 2.32. The first-order chi connectivity index (χ1) is 9.65. The summed E-state index contributed by atoms with van der Waals surface area (Å²) in [6, 6.07) is 9.42. The van der Waals surface area contributed by atoms with Crippen LogP contribution in [0.3, 0.4) is 0 Å². The molecule has 1 aromatic rings. The summed E-state index contributed by atoms with van der Waals surface area (Å²) in [7, 11) is 0. The fraction of sp³-hybridized carbons (Fsp3) is 0.467. The Morgan fingerprint density at radius 1 is 1.30 bits per heavy atom.